The van der Waals surface area contributed by atoms with Crippen LogP contribution in [0.15, 0.2) is 48.7 Å². The number of hydrogen-bond donors (Lipinski definition) is 1. The van der Waals surface area contributed by atoms with E-state index in [4.69, 9.17) is 4.74 Å². The zero-order chi connectivity index (χ0) is 24.5. The molecule has 0 spiro atoms. The first-order valence-electron chi connectivity index (χ1n) is 12.1. The van der Waals surface area contributed by atoms with Crippen LogP contribution < -0.4 is 10.2 Å². The number of benzene rings is 2. The molecule has 1 atom stereocenters. The van der Waals surface area contributed by atoms with E-state index in [0.29, 0.717) is 13.1 Å². The van der Waals surface area contributed by atoms with Gasteiger partial charge in [-0.1, -0.05) is 18.2 Å². The molecule has 3 aromatic rings. The normalized spacial score (nSPS) is 15.4. The van der Waals surface area contributed by atoms with Crippen LogP contribution in [0.4, 0.5) is 16.2 Å². The molecule has 6 heteroatoms. The maximum atomic E-state index is 12.4. The van der Waals surface area contributed by atoms with Gasteiger partial charge in [-0.25, -0.2) is 4.79 Å². The van der Waals surface area contributed by atoms with E-state index in [9.17, 15) is 4.79 Å². The number of rotatable bonds is 4. The minimum absolute atomic E-state index is 0.173. The summed E-state index contributed by atoms with van der Waals surface area (Å²) in [5.41, 5.74) is 6.65. The smallest absolute Gasteiger partial charge is 0.410 e. The van der Waals surface area contributed by atoms with Gasteiger partial charge >= 0.3 is 6.09 Å². The van der Waals surface area contributed by atoms with E-state index in [1.165, 1.54) is 16.7 Å². The minimum atomic E-state index is -0.475. The Hall–Kier alpha value is -3.28. The Bertz CT molecular complexity index is 1180. The number of carbonyl (C=O) groups is 1. The van der Waals surface area contributed by atoms with E-state index in [2.05, 4.69) is 72.4 Å². The summed E-state index contributed by atoms with van der Waals surface area (Å²) in [4.78, 5) is 21.1. The van der Waals surface area contributed by atoms with Crippen molar-refractivity contribution in [3.63, 3.8) is 0 Å². The van der Waals surface area contributed by atoms with Gasteiger partial charge in [0.1, 0.15) is 5.60 Å². The number of amides is 1. The van der Waals surface area contributed by atoms with Gasteiger partial charge in [-0.2, -0.15) is 0 Å². The van der Waals surface area contributed by atoms with Crippen molar-refractivity contribution in [1.82, 2.24) is 9.88 Å². The molecule has 0 bridgehead atoms. The molecular weight excluding hydrogens is 424 g/mol. The van der Waals surface area contributed by atoms with E-state index in [1.54, 1.807) is 4.90 Å². The second-order valence-electron chi connectivity index (χ2n) is 10.2. The van der Waals surface area contributed by atoms with Crippen molar-refractivity contribution in [2.24, 2.45) is 0 Å². The Morgan fingerprint density at radius 3 is 2.50 bits per heavy atom. The molecule has 4 rings (SSSR count). The Morgan fingerprint density at radius 2 is 1.79 bits per heavy atom. The van der Waals surface area contributed by atoms with Crippen molar-refractivity contribution >= 4 is 28.4 Å². The van der Waals surface area contributed by atoms with Crippen molar-refractivity contribution in [3.8, 4) is 0 Å². The summed E-state index contributed by atoms with van der Waals surface area (Å²) < 4.78 is 5.53. The molecule has 1 aliphatic rings. The Balaban J connectivity index is 1.51. The lowest BCUT2D eigenvalue weighted by atomic mass is 9.98. The highest BCUT2D eigenvalue weighted by Gasteiger charge is 2.26. The number of aryl methyl sites for hydroxylation is 1. The molecule has 1 amide bonds. The van der Waals surface area contributed by atoms with Crippen LogP contribution in [0.1, 0.15) is 50.4 Å². The standard InChI is InChI=1S/C28H36N4O2/c1-19-8-7-9-23(20(19)2)21(3)30-26-12-13-29-25-11-10-22(18-24(25)26)31-14-16-32(17-15-31)27(33)34-28(4,5)6/h7-13,18,21H,14-17H2,1-6H3,(H,29,30)/t21-/m1/s1. The highest BCUT2D eigenvalue weighted by molar-refractivity contribution is 5.93. The van der Waals surface area contributed by atoms with Crippen LogP contribution in [0.25, 0.3) is 10.9 Å². The molecule has 1 aliphatic heterocycles. The number of piperazine rings is 1. The molecule has 0 saturated carbocycles. The van der Waals surface area contributed by atoms with Crippen molar-refractivity contribution in [2.45, 2.75) is 53.2 Å². The third-order valence-corrected chi connectivity index (χ3v) is 6.51. The molecule has 1 aromatic heterocycles. The van der Waals surface area contributed by atoms with Gasteiger partial charge in [0, 0.05) is 55.2 Å². The quantitative estimate of drug-likeness (QED) is 0.511. The van der Waals surface area contributed by atoms with Crippen LogP contribution >= 0.6 is 0 Å². The van der Waals surface area contributed by atoms with Gasteiger partial charge < -0.3 is 19.9 Å². The van der Waals surface area contributed by atoms with Gasteiger partial charge in [0.15, 0.2) is 0 Å². The summed E-state index contributed by atoms with van der Waals surface area (Å²) >= 11 is 0. The summed E-state index contributed by atoms with van der Waals surface area (Å²) in [6.45, 7) is 15.1. The number of ether oxygens (including phenoxy) is 1. The van der Waals surface area contributed by atoms with Crippen LogP contribution in [-0.2, 0) is 4.74 Å². The fraction of sp³-hybridized carbons (Fsp3) is 0.429. The number of anilines is 2. The SMILES string of the molecule is Cc1cccc([C@@H](C)Nc2ccnc3ccc(N4CCN(C(=O)OC(C)(C)C)CC4)cc23)c1C. The molecule has 34 heavy (non-hydrogen) atoms. The summed E-state index contributed by atoms with van der Waals surface area (Å²) in [5, 5.41) is 4.82. The van der Waals surface area contributed by atoms with Crippen molar-refractivity contribution in [2.75, 3.05) is 36.4 Å². The third-order valence-electron chi connectivity index (χ3n) is 6.51. The average Bonchev–Trinajstić information content (AvgIpc) is 2.80. The molecule has 180 valence electrons. The molecule has 1 N–H and O–H groups in total. The molecule has 0 aliphatic carbocycles. The fourth-order valence-electron chi connectivity index (χ4n) is 4.48. The van der Waals surface area contributed by atoms with E-state index in [-0.39, 0.29) is 12.1 Å². The van der Waals surface area contributed by atoms with Gasteiger partial charge in [-0.05, 0) is 82.5 Å². The van der Waals surface area contributed by atoms with Gasteiger partial charge in [-0.15, -0.1) is 0 Å². The minimum Gasteiger partial charge on any atom is -0.444 e. The Labute approximate surface area is 202 Å². The summed E-state index contributed by atoms with van der Waals surface area (Å²) in [5.74, 6) is 0. The van der Waals surface area contributed by atoms with Crippen molar-refractivity contribution in [3.05, 3.63) is 65.4 Å². The second kappa shape index (κ2) is 9.53. The maximum Gasteiger partial charge on any atom is 0.410 e. The maximum absolute atomic E-state index is 12.4. The Morgan fingerprint density at radius 1 is 1.06 bits per heavy atom. The fourth-order valence-corrected chi connectivity index (χ4v) is 4.48. The lowest BCUT2D eigenvalue weighted by Crippen LogP contribution is -2.50. The lowest BCUT2D eigenvalue weighted by Gasteiger charge is -2.36. The van der Waals surface area contributed by atoms with Gasteiger partial charge in [0.2, 0.25) is 0 Å². The highest BCUT2D eigenvalue weighted by atomic mass is 16.6. The van der Waals surface area contributed by atoms with E-state index in [1.807, 2.05) is 33.0 Å². The Kier molecular flexibility index (Phi) is 6.69. The number of hydrogen-bond acceptors (Lipinski definition) is 5. The van der Waals surface area contributed by atoms with Crippen LogP contribution in [-0.4, -0.2) is 47.8 Å². The average molecular weight is 461 g/mol. The molecule has 0 unspecified atom stereocenters. The molecule has 1 saturated heterocycles. The number of pyridine rings is 1. The summed E-state index contributed by atoms with van der Waals surface area (Å²) in [6, 6.07) is 15.1. The second-order valence-corrected chi connectivity index (χ2v) is 10.2. The number of carbonyl (C=O) groups excluding carboxylic acids is 1. The van der Waals surface area contributed by atoms with Crippen LogP contribution in [0.2, 0.25) is 0 Å². The predicted octanol–water partition coefficient (Wildman–Crippen LogP) is 6.08. The molecule has 6 nitrogen and oxygen atoms in total. The molecule has 0 radical (unpaired) electrons. The largest absolute Gasteiger partial charge is 0.444 e. The van der Waals surface area contributed by atoms with Crippen LogP contribution in [0, 0.1) is 13.8 Å². The van der Waals surface area contributed by atoms with E-state index in [0.717, 1.165) is 35.4 Å². The summed E-state index contributed by atoms with van der Waals surface area (Å²) in [7, 11) is 0. The first kappa shape index (κ1) is 23.9. The number of nitrogens with one attached hydrogen (secondary N) is 1. The van der Waals surface area contributed by atoms with Crippen LogP contribution in [0.3, 0.4) is 0 Å². The molecule has 2 heterocycles. The molecule has 1 fully saturated rings. The van der Waals surface area contributed by atoms with Crippen molar-refractivity contribution < 1.29 is 9.53 Å². The molecular formula is C28H36N4O2. The number of fused-ring (bicyclic) bond motifs is 1. The van der Waals surface area contributed by atoms with Crippen molar-refractivity contribution in [1.29, 1.82) is 0 Å². The van der Waals surface area contributed by atoms with Gasteiger partial charge in [0.05, 0.1) is 5.52 Å². The van der Waals surface area contributed by atoms with E-state index < -0.39 is 5.60 Å². The number of nitrogens with zero attached hydrogens (tertiary/aromatic N) is 3. The van der Waals surface area contributed by atoms with E-state index >= 15 is 0 Å². The lowest BCUT2D eigenvalue weighted by molar-refractivity contribution is 0.0240. The monoisotopic (exact) mass is 460 g/mol. The first-order chi connectivity index (χ1) is 16.1. The number of aromatic nitrogens is 1. The predicted molar refractivity (Wildman–Crippen MR) is 140 cm³/mol. The topological polar surface area (TPSA) is 57.7 Å². The van der Waals surface area contributed by atoms with Gasteiger partial charge in [0.25, 0.3) is 0 Å². The first-order valence-corrected chi connectivity index (χ1v) is 12.1. The molecule has 2 aromatic carbocycles. The third kappa shape index (κ3) is 5.27. The zero-order valence-corrected chi connectivity index (χ0v) is 21.2. The summed E-state index contributed by atoms with van der Waals surface area (Å²) in [6.07, 6.45) is 1.63. The van der Waals surface area contributed by atoms with Gasteiger partial charge in [-0.3, -0.25) is 4.98 Å². The zero-order valence-electron chi connectivity index (χ0n) is 21.2. The van der Waals surface area contributed by atoms with Crippen LogP contribution in [0.5, 0.6) is 0 Å². The highest BCUT2D eigenvalue weighted by Crippen LogP contribution is 2.31.